The first kappa shape index (κ1) is 12.7. The maximum Gasteiger partial charge on any atom is 0.329 e. The van der Waals surface area contributed by atoms with Crippen molar-refractivity contribution in [2.24, 2.45) is 0 Å². The van der Waals surface area contributed by atoms with E-state index in [1.165, 1.54) is 0 Å². The Bertz CT molecular complexity index is 671. The van der Waals surface area contributed by atoms with Crippen LogP contribution < -0.4 is 0 Å². The van der Waals surface area contributed by atoms with Gasteiger partial charge in [0.15, 0.2) is 0 Å². The zero-order valence-corrected chi connectivity index (χ0v) is 11.6. The van der Waals surface area contributed by atoms with Crippen LogP contribution in [0.4, 0.5) is 0 Å². The number of rotatable bonds is 2. The second-order valence-electron chi connectivity index (χ2n) is 5.20. The van der Waals surface area contributed by atoms with Gasteiger partial charge in [-0.25, -0.2) is 0 Å². The summed E-state index contributed by atoms with van der Waals surface area (Å²) >= 11 is 0. The van der Waals surface area contributed by atoms with E-state index in [2.05, 4.69) is 0 Å². The standard InChI is InChI=1S/C18H16O2/c1-13(14-9-5-3-6-10-14)16-18(2,17(19)20-16)15-11-7-4-8-12-15/h3-12H,1-2H3/b16-13+. The first-order valence-electron chi connectivity index (χ1n) is 6.68. The van der Waals surface area contributed by atoms with Crippen LogP contribution in [-0.2, 0) is 14.9 Å². The Hall–Kier alpha value is -2.35. The molecule has 1 aliphatic rings. The fourth-order valence-corrected chi connectivity index (χ4v) is 2.63. The second kappa shape index (κ2) is 4.64. The minimum atomic E-state index is -0.665. The van der Waals surface area contributed by atoms with Crippen LogP contribution in [-0.4, -0.2) is 5.97 Å². The maximum absolute atomic E-state index is 12.0. The molecule has 0 amide bonds. The quantitative estimate of drug-likeness (QED) is 0.768. The molecule has 0 saturated carbocycles. The molecule has 0 N–H and O–H groups in total. The summed E-state index contributed by atoms with van der Waals surface area (Å²) in [5.41, 5.74) is 2.40. The summed E-state index contributed by atoms with van der Waals surface area (Å²) < 4.78 is 5.37. The highest BCUT2D eigenvalue weighted by Gasteiger charge is 2.52. The van der Waals surface area contributed by atoms with Crippen LogP contribution in [0.15, 0.2) is 66.4 Å². The molecule has 2 aromatic carbocycles. The molecular weight excluding hydrogens is 248 g/mol. The first-order valence-corrected chi connectivity index (χ1v) is 6.68. The fraction of sp³-hybridized carbons (Fsp3) is 0.167. The normalized spacial score (nSPS) is 23.8. The molecule has 20 heavy (non-hydrogen) atoms. The SMILES string of the molecule is C/C(=C1\OC(=O)C1(C)c1ccccc1)c1ccccc1. The molecule has 1 unspecified atom stereocenters. The van der Waals surface area contributed by atoms with Gasteiger partial charge in [0.2, 0.25) is 0 Å². The molecule has 1 atom stereocenters. The molecule has 0 spiro atoms. The number of hydrogen-bond donors (Lipinski definition) is 0. The Morgan fingerprint density at radius 3 is 2.05 bits per heavy atom. The summed E-state index contributed by atoms with van der Waals surface area (Å²) in [4.78, 5) is 12.0. The predicted octanol–water partition coefficient (Wildman–Crippen LogP) is 3.93. The van der Waals surface area contributed by atoms with Crippen LogP contribution in [0.3, 0.4) is 0 Å². The van der Waals surface area contributed by atoms with Crippen LogP contribution in [0.25, 0.3) is 5.57 Å². The lowest BCUT2D eigenvalue weighted by molar-refractivity contribution is -0.159. The van der Waals surface area contributed by atoms with E-state index in [0.717, 1.165) is 22.5 Å². The van der Waals surface area contributed by atoms with E-state index in [-0.39, 0.29) is 5.97 Å². The lowest BCUT2D eigenvalue weighted by Gasteiger charge is -2.40. The van der Waals surface area contributed by atoms with Gasteiger partial charge in [-0.05, 0) is 30.5 Å². The average molecular weight is 264 g/mol. The number of esters is 1. The van der Waals surface area contributed by atoms with Gasteiger partial charge in [0, 0.05) is 0 Å². The van der Waals surface area contributed by atoms with E-state index >= 15 is 0 Å². The topological polar surface area (TPSA) is 26.3 Å². The van der Waals surface area contributed by atoms with Gasteiger partial charge in [0.25, 0.3) is 0 Å². The van der Waals surface area contributed by atoms with Crippen molar-refractivity contribution in [3.05, 3.63) is 77.5 Å². The zero-order chi connectivity index (χ0) is 14.2. The van der Waals surface area contributed by atoms with Crippen molar-refractivity contribution in [2.45, 2.75) is 19.3 Å². The molecule has 2 heteroatoms. The fourth-order valence-electron chi connectivity index (χ4n) is 2.63. The molecule has 2 nitrogen and oxygen atoms in total. The number of cyclic esters (lactones) is 1. The van der Waals surface area contributed by atoms with E-state index in [9.17, 15) is 4.79 Å². The highest BCUT2D eigenvalue weighted by molar-refractivity contribution is 5.97. The minimum Gasteiger partial charge on any atom is -0.428 e. The lowest BCUT2D eigenvalue weighted by Crippen LogP contribution is -2.48. The third-order valence-electron chi connectivity index (χ3n) is 3.96. The highest BCUT2D eigenvalue weighted by atomic mass is 16.6. The van der Waals surface area contributed by atoms with E-state index in [1.54, 1.807) is 0 Å². The Kier molecular flexibility index (Phi) is 2.94. The third kappa shape index (κ3) is 1.76. The van der Waals surface area contributed by atoms with Crippen molar-refractivity contribution in [3.63, 3.8) is 0 Å². The number of hydrogen-bond acceptors (Lipinski definition) is 2. The van der Waals surface area contributed by atoms with E-state index in [1.807, 2.05) is 74.5 Å². The van der Waals surface area contributed by atoms with E-state index in [4.69, 9.17) is 4.74 Å². The molecular formula is C18H16O2. The van der Waals surface area contributed by atoms with Gasteiger partial charge < -0.3 is 4.74 Å². The minimum absolute atomic E-state index is 0.186. The molecule has 1 heterocycles. The van der Waals surface area contributed by atoms with E-state index in [0.29, 0.717) is 0 Å². The number of allylic oxidation sites excluding steroid dienone is 1. The smallest absolute Gasteiger partial charge is 0.329 e. The molecule has 1 aliphatic heterocycles. The van der Waals surface area contributed by atoms with Crippen LogP contribution in [0, 0.1) is 0 Å². The summed E-state index contributed by atoms with van der Waals surface area (Å²) in [7, 11) is 0. The molecule has 0 aliphatic carbocycles. The second-order valence-corrected chi connectivity index (χ2v) is 5.20. The van der Waals surface area contributed by atoms with Crippen molar-refractivity contribution in [2.75, 3.05) is 0 Å². The largest absolute Gasteiger partial charge is 0.428 e. The van der Waals surface area contributed by atoms with Crippen molar-refractivity contribution in [3.8, 4) is 0 Å². The molecule has 0 bridgehead atoms. The van der Waals surface area contributed by atoms with Gasteiger partial charge >= 0.3 is 5.97 Å². The number of carbonyl (C=O) groups is 1. The number of carbonyl (C=O) groups excluding carboxylic acids is 1. The zero-order valence-electron chi connectivity index (χ0n) is 11.6. The number of ether oxygens (including phenoxy) is 1. The summed E-state index contributed by atoms with van der Waals surface area (Å²) in [6.07, 6.45) is 0. The molecule has 0 aromatic heterocycles. The molecule has 3 rings (SSSR count). The van der Waals surface area contributed by atoms with Crippen molar-refractivity contribution in [1.82, 2.24) is 0 Å². The van der Waals surface area contributed by atoms with Gasteiger partial charge in [0.05, 0.1) is 0 Å². The van der Waals surface area contributed by atoms with Gasteiger partial charge in [-0.2, -0.15) is 0 Å². The summed E-state index contributed by atoms with van der Waals surface area (Å²) in [5.74, 6) is 0.564. The van der Waals surface area contributed by atoms with Crippen LogP contribution in [0.2, 0.25) is 0 Å². The van der Waals surface area contributed by atoms with Gasteiger partial charge in [-0.3, -0.25) is 4.79 Å². The first-order chi connectivity index (χ1) is 9.64. The van der Waals surface area contributed by atoms with Crippen LogP contribution in [0.1, 0.15) is 25.0 Å². The Labute approximate surface area is 118 Å². The van der Waals surface area contributed by atoms with Gasteiger partial charge in [-0.1, -0.05) is 60.7 Å². The third-order valence-corrected chi connectivity index (χ3v) is 3.96. The lowest BCUT2D eigenvalue weighted by atomic mass is 9.74. The average Bonchev–Trinajstić information content (AvgIpc) is 2.52. The predicted molar refractivity (Wildman–Crippen MR) is 78.9 cm³/mol. The van der Waals surface area contributed by atoms with Crippen molar-refractivity contribution >= 4 is 11.5 Å². The van der Waals surface area contributed by atoms with Gasteiger partial charge in [-0.15, -0.1) is 0 Å². The molecule has 2 aromatic rings. The molecule has 100 valence electrons. The monoisotopic (exact) mass is 264 g/mol. The summed E-state index contributed by atoms with van der Waals surface area (Å²) in [6, 6.07) is 19.8. The highest BCUT2D eigenvalue weighted by Crippen LogP contribution is 2.46. The van der Waals surface area contributed by atoms with Crippen molar-refractivity contribution in [1.29, 1.82) is 0 Å². The van der Waals surface area contributed by atoms with Crippen LogP contribution >= 0.6 is 0 Å². The van der Waals surface area contributed by atoms with E-state index < -0.39 is 5.41 Å². The molecule has 1 saturated heterocycles. The van der Waals surface area contributed by atoms with Crippen molar-refractivity contribution < 1.29 is 9.53 Å². The number of benzene rings is 2. The Morgan fingerprint density at radius 2 is 1.50 bits per heavy atom. The molecule has 1 fully saturated rings. The molecule has 0 radical (unpaired) electrons. The maximum atomic E-state index is 12.0. The van der Waals surface area contributed by atoms with Crippen LogP contribution in [0.5, 0.6) is 0 Å². The summed E-state index contributed by atoms with van der Waals surface area (Å²) in [6.45, 7) is 3.92. The summed E-state index contributed by atoms with van der Waals surface area (Å²) in [5, 5.41) is 0. The Morgan fingerprint density at radius 1 is 0.950 bits per heavy atom. The Balaban J connectivity index is 2.10. The van der Waals surface area contributed by atoms with Gasteiger partial charge in [0.1, 0.15) is 11.2 Å².